The summed E-state index contributed by atoms with van der Waals surface area (Å²) >= 11 is 0. The number of nitrogens with one attached hydrogen (secondary N) is 2. The van der Waals surface area contributed by atoms with Gasteiger partial charge in [0.05, 0.1) is 17.3 Å². The van der Waals surface area contributed by atoms with E-state index in [1.54, 1.807) is 7.11 Å². The Morgan fingerprint density at radius 1 is 0.868 bits per heavy atom. The molecule has 38 heavy (non-hydrogen) atoms. The lowest BCUT2D eigenvalue weighted by molar-refractivity contribution is 0.409. The zero-order chi connectivity index (χ0) is 26.5. The Morgan fingerprint density at radius 3 is 2.34 bits per heavy atom. The Balaban J connectivity index is 1.25. The van der Waals surface area contributed by atoms with Gasteiger partial charge in [0.1, 0.15) is 5.75 Å². The fourth-order valence-electron chi connectivity index (χ4n) is 6.10. The summed E-state index contributed by atoms with van der Waals surface area (Å²) in [6.07, 6.45) is 7.80. The molecule has 0 amide bonds. The number of ether oxygens (including phenoxy) is 1. The van der Waals surface area contributed by atoms with Gasteiger partial charge in [-0.2, -0.15) is 0 Å². The van der Waals surface area contributed by atoms with E-state index < -0.39 is 15.1 Å². The summed E-state index contributed by atoms with van der Waals surface area (Å²) in [5, 5.41) is 6.75. The number of sulfone groups is 1. The third-order valence-corrected chi connectivity index (χ3v) is 10.5. The minimum absolute atomic E-state index is 0.00616. The van der Waals surface area contributed by atoms with Gasteiger partial charge in [0, 0.05) is 24.7 Å². The quantitative estimate of drug-likeness (QED) is 0.284. The first-order chi connectivity index (χ1) is 18.5. The summed E-state index contributed by atoms with van der Waals surface area (Å²) in [5.41, 5.74) is 4.60. The number of methoxy groups -OCH3 is 1. The molecule has 2 aliphatic rings. The first kappa shape index (κ1) is 26.9. The lowest BCUT2D eigenvalue weighted by Crippen LogP contribution is -2.50. The van der Waals surface area contributed by atoms with E-state index in [2.05, 4.69) is 47.9 Å². The molecular formula is C32H40N2O3S. The molecule has 3 aromatic carbocycles. The van der Waals surface area contributed by atoms with Crippen LogP contribution in [-0.2, 0) is 22.8 Å². The highest BCUT2D eigenvalue weighted by Crippen LogP contribution is 2.36. The van der Waals surface area contributed by atoms with Crippen molar-refractivity contribution in [3.63, 3.8) is 0 Å². The summed E-state index contributed by atoms with van der Waals surface area (Å²) in [5.74, 6) is 0.839. The summed E-state index contributed by atoms with van der Waals surface area (Å²) in [4.78, 5) is 0.448. The largest absolute Gasteiger partial charge is 0.497 e. The van der Waals surface area contributed by atoms with Crippen LogP contribution in [0.25, 0.3) is 11.1 Å². The van der Waals surface area contributed by atoms with E-state index in [1.807, 2.05) is 42.5 Å². The molecular weight excluding hydrogens is 492 g/mol. The lowest BCUT2D eigenvalue weighted by Gasteiger charge is -2.30. The highest BCUT2D eigenvalue weighted by molar-refractivity contribution is 7.92. The number of benzene rings is 3. The van der Waals surface area contributed by atoms with Gasteiger partial charge in [-0.3, -0.25) is 0 Å². The molecule has 0 aliphatic carbocycles. The molecule has 0 spiro atoms. The zero-order valence-corrected chi connectivity index (χ0v) is 23.3. The van der Waals surface area contributed by atoms with Gasteiger partial charge in [0.15, 0.2) is 9.84 Å². The highest BCUT2D eigenvalue weighted by Gasteiger charge is 2.53. The topological polar surface area (TPSA) is 67.4 Å². The van der Waals surface area contributed by atoms with Crippen molar-refractivity contribution in [1.29, 1.82) is 0 Å². The van der Waals surface area contributed by atoms with Gasteiger partial charge in [-0.1, -0.05) is 74.7 Å². The molecule has 3 aromatic rings. The van der Waals surface area contributed by atoms with Crippen molar-refractivity contribution in [2.75, 3.05) is 7.11 Å². The van der Waals surface area contributed by atoms with E-state index in [1.165, 1.54) is 24.8 Å². The average molecular weight is 533 g/mol. The molecule has 2 saturated heterocycles. The van der Waals surface area contributed by atoms with Crippen LogP contribution in [0.5, 0.6) is 5.75 Å². The molecule has 0 radical (unpaired) electrons. The molecule has 2 bridgehead atoms. The first-order valence-corrected chi connectivity index (χ1v) is 15.6. The van der Waals surface area contributed by atoms with Crippen molar-refractivity contribution < 1.29 is 13.2 Å². The zero-order valence-electron chi connectivity index (χ0n) is 22.5. The predicted octanol–water partition coefficient (Wildman–Crippen LogP) is 5.92. The van der Waals surface area contributed by atoms with Gasteiger partial charge < -0.3 is 15.4 Å². The van der Waals surface area contributed by atoms with Gasteiger partial charge in [0.2, 0.25) is 0 Å². The van der Waals surface area contributed by atoms with E-state index in [-0.39, 0.29) is 18.1 Å². The van der Waals surface area contributed by atoms with Crippen LogP contribution in [-0.4, -0.2) is 38.9 Å². The standard InChI is InChI=1S/C32H40N2O3S/c1-3-4-5-6-8-23-13-17-28(18-14-23)38(35,36)32-30-20-19-29(34-30)31(32)33-22-24-11-15-25(16-12-24)26-9-7-10-27(21-26)37-2/h7,9-18,21,29-34H,3-6,8,19-20,22H2,1-2H3/t29-,30+,31-,32-/m0/s1. The Labute approximate surface area is 227 Å². The molecule has 6 heteroatoms. The Kier molecular flexibility index (Phi) is 8.51. The van der Waals surface area contributed by atoms with Crippen LogP contribution in [0, 0.1) is 0 Å². The second-order valence-corrected chi connectivity index (χ2v) is 12.9. The van der Waals surface area contributed by atoms with Crippen molar-refractivity contribution >= 4 is 9.84 Å². The lowest BCUT2D eigenvalue weighted by atomic mass is 9.94. The van der Waals surface area contributed by atoms with E-state index >= 15 is 0 Å². The third kappa shape index (κ3) is 5.83. The second kappa shape index (κ2) is 12.0. The minimum atomic E-state index is -3.46. The molecule has 2 heterocycles. The fourth-order valence-corrected chi connectivity index (χ4v) is 8.25. The van der Waals surface area contributed by atoms with Crippen LogP contribution in [0.2, 0.25) is 0 Å². The van der Waals surface area contributed by atoms with Crippen molar-refractivity contribution in [2.45, 2.75) is 86.7 Å². The molecule has 4 atom stereocenters. The highest BCUT2D eigenvalue weighted by atomic mass is 32.2. The normalized spacial score (nSPS) is 22.6. The van der Waals surface area contributed by atoms with Gasteiger partial charge >= 0.3 is 0 Å². The van der Waals surface area contributed by atoms with Gasteiger partial charge in [-0.15, -0.1) is 0 Å². The molecule has 2 fully saturated rings. The smallest absolute Gasteiger partial charge is 0.184 e. The number of aryl methyl sites for hydroxylation is 1. The van der Waals surface area contributed by atoms with Crippen molar-refractivity contribution in [3.05, 3.63) is 83.9 Å². The van der Waals surface area contributed by atoms with Gasteiger partial charge in [0.25, 0.3) is 0 Å². The molecule has 5 rings (SSSR count). The number of hydrogen-bond acceptors (Lipinski definition) is 5. The minimum Gasteiger partial charge on any atom is -0.497 e. The SMILES string of the molecule is CCCCCCc1ccc(S(=O)(=O)[C@@H]2[C@@H](NCc3ccc(-c4cccc(OC)c4)cc3)[C@@H]3CC[C@H]2N3)cc1. The Hall–Kier alpha value is -2.67. The van der Waals surface area contributed by atoms with Gasteiger partial charge in [-0.05, 0) is 72.2 Å². The van der Waals surface area contributed by atoms with Crippen LogP contribution in [0.1, 0.15) is 56.6 Å². The van der Waals surface area contributed by atoms with Crippen LogP contribution >= 0.6 is 0 Å². The molecule has 2 aliphatic heterocycles. The van der Waals surface area contributed by atoms with Crippen LogP contribution < -0.4 is 15.4 Å². The molecule has 2 N–H and O–H groups in total. The first-order valence-electron chi connectivity index (χ1n) is 14.0. The van der Waals surface area contributed by atoms with E-state index in [9.17, 15) is 8.42 Å². The Morgan fingerprint density at radius 2 is 1.61 bits per heavy atom. The number of unbranched alkanes of at least 4 members (excludes halogenated alkanes) is 3. The van der Waals surface area contributed by atoms with E-state index in [4.69, 9.17) is 4.74 Å². The predicted molar refractivity (Wildman–Crippen MR) is 154 cm³/mol. The molecule has 0 unspecified atom stereocenters. The maximum atomic E-state index is 13.8. The fraction of sp³-hybridized carbons (Fsp3) is 0.438. The third-order valence-electron chi connectivity index (χ3n) is 8.23. The summed E-state index contributed by atoms with van der Waals surface area (Å²) in [6, 6.07) is 24.3. The average Bonchev–Trinajstić information content (AvgIpc) is 3.57. The van der Waals surface area contributed by atoms with Crippen LogP contribution in [0.15, 0.2) is 77.7 Å². The molecule has 0 aromatic heterocycles. The second-order valence-electron chi connectivity index (χ2n) is 10.8. The summed E-state index contributed by atoms with van der Waals surface area (Å²) in [6.45, 7) is 2.85. The van der Waals surface area contributed by atoms with E-state index in [0.29, 0.717) is 11.4 Å². The maximum Gasteiger partial charge on any atom is 0.184 e. The maximum absolute atomic E-state index is 13.8. The molecule has 0 saturated carbocycles. The van der Waals surface area contributed by atoms with Crippen molar-refractivity contribution in [1.82, 2.24) is 10.6 Å². The van der Waals surface area contributed by atoms with Gasteiger partial charge in [-0.25, -0.2) is 8.42 Å². The van der Waals surface area contributed by atoms with Crippen molar-refractivity contribution in [2.24, 2.45) is 0 Å². The number of hydrogen-bond donors (Lipinski definition) is 2. The monoisotopic (exact) mass is 532 g/mol. The Bertz CT molecular complexity index is 1310. The molecule has 5 nitrogen and oxygen atoms in total. The van der Waals surface area contributed by atoms with Crippen LogP contribution in [0.3, 0.4) is 0 Å². The number of fused-ring (bicyclic) bond motifs is 2. The summed E-state index contributed by atoms with van der Waals surface area (Å²) in [7, 11) is -1.78. The summed E-state index contributed by atoms with van der Waals surface area (Å²) < 4.78 is 33.0. The number of rotatable bonds is 12. The molecule has 202 valence electrons. The van der Waals surface area contributed by atoms with E-state index in [0.717, 1.165) is 48.1 Å². The van der Waals surface area contributed by atoms with Crippen LogP contribution in [0.4, 0.5) is 0 Å². The van der Waals surface area contributed by atoms with Crippen molar-refractivity contribution in [3.8, 4) is 16.9 Å².